The van der Waals surface area contributed by atoms with Crippen molar-refractivity contribution in [2.75, 3.05) is 0 Å². The number of allylic oxidation sites excluding steroid dienone is 1. The van der Waals surface area contributed by atoms with Crippen LogP contribution in [-0.4, -0.2) is 5.78 Å². The molecule has 0 aromatic heterocycles. The molecule has 0 atom stereocenters. The molecule has 0 unspecified atom stereocenters. The number of ketones is 1. The van der Waals surface area contributed by atoms with Crippen molar-refractivity contribution in [1.29, 1.82) is 0 Å². The SMILES string of the molecule is O=C(Cc1cccc(-c2cccc3c2CC=C3)c1)c1ccccc1. The summed E-state index contributed by atoms with van der Waals surface area (Å²) in [6.07, 6.45) is 5.81. The number of rotatable bonds is 4. The fourth-order valence-corrected chi connectivity index (χ4v) is 3.32. The minimum absolute atomic E-state index is 0.160. The van der Waals surface area contributed by atoms with Gasteiger partial charge >= 0.3 is 0 Å². The highest BCUT2D eigenvalue weighted by atomic mass is 16.1. The zero-order chi connectivity index (χ0) is 16.4. The Morgan fingerprint density at radius 3 is 2.58 bits per heavy atom. The van der Waals surface area contributed by atoms with Crippen molar-refractivity contribution >= 4 is 11.9 Å². The summed E-state index contributed by atoms with van der Waals surface area (Å²) in [6.45, 7) is 0. The molecule has 24 heavy (non-hydrogen) atoms. The van der Waals surface area contributed by atoms with Gasteiger partial charge in [-0.1, -0.05) is 84.9 Å². The van der Waals surface area contributed by atoms with Crippen molar-refractivity contribution in [2.45, 2.75) is 12.8 Å². The lowest BCUT2D eigenvalue weighted by Crippen LogP contribution is -2.03. The second kappa shape index (κ2) is 6.29. The van der Waals surface area contributed by atoms with E-state index in [1.807, 2.05) is 42.5 Å². The van der Waals surface area contributed by atoms with Crippen LogP contribution in [0.5, 0.6) is 0 Å². The predicted molar refractivity (Wildman–Crippen MR) is 99.1 cm³/mol. The summed E-state index contributed by atoms with van der Waals surface area (Å²) < 4.78 is 0. The second-order valence-electron chi connectivity index (χ2n) is 6.15. The van der Waals surface area contributed by atoms with Crippen molar-refractivity contribution in [3.8, 4) is 11.1 Å². The van der Waals surface area contributed by atoms with Gasteiger partial charge in [0.05, 0.1) is 0 Å². The van der Waals surface area contributed by atoms with Crippen LogP contribution in [0.15, 0.2) is 78.9 Å². The van der Waals surface area contributed by atoms with Crippen molar-refractivity contribution in [2.24, 2.45) is 0 Å². The summed E-state index contributed by atoms with van der Waals surface area (Å²) >= 11 is 0. The van der Waals surface area contributed by atoms with E-state index < -0.39 is 0 Å². The standard InChI is InChI=1S/C23H18O/c24-23(19-8-2-1-3-9-19)16-17-7-4-12-20(15-17)22-14-6-11-18-10-5-13-21(18)22/h1-12,14-15H,13,16H2. The number of carbonyl (C=O) groups is 1. The van der Waals surface area contributed by atoms with Crippen molar-refractivity contribution in [3.63, 3.8) is 0 Å². The molecule has 0 fully saturated rings. The van der Waals surface area contributed by atoms with Crippen LogP contribution in [0.4, 0.5) is 0 Å². The summed E-state index contributed by atoms with van der Waals surface area (Å²) in [5.74, 6) is 0.160. The van der Waals surface area contributed by atoms with E-state index in [0.717, 1.165) is 17.5 Å². The minimum atomic E-state index is 0.160. The third-order valence-corrected chi connectivity index (χ3v) is 4.53. The molecule has 4 rings (SSSR count). The number of Topliss-reactive ketones (excluding diaryl/α,β-unsaturated/α-hetero) is 1. The van der Waals surface area contributed by atoms with Crippen molar-refractivity contribution in [1.82, 2.24) is 0 Å². The maximum atomic E-state index is 12.4. The molecule has 0 saturated carbocycles. The molecule has 116 valence electrons. The normalized spacial score (nSPS) is 12.2. The van der Waals surface area contributed by atoms with E-state index in [1.165, 1.54) is 22.3 Å². The van der Waals surface area contributed by atoms with Crippen LogP contribution in [-0.2, 0) is 12.8 Å². The highest BCUT2D eigenvalue weighted by Crippen LogP contribution is 2.31. The van der Waals surface area contributed by atoms with Gasteiger partial charge < -0.3 is 0 Å². The highest BCUT2D eigenvalue weighted by Gasteiger charge is 2.12. The number of hydrogen-bond donors (Lipinski definition) is 0. The highest BCUT2D eigenvalue weighted by molar-refractivity contribution is 5.97. The summed E-state index contributed by atoms with van der Waals surface area (Å²) in [7, 11) is 0. The Morgan fingerprint density at radius 1 is 0.875 bits per heavy atom. The molecular formula is C23H18O. The maximum Gasteiger partial charge on any atom is 0.167 e. The van der Waals surface area contributed by atoms with E-state index in [2.05, 4.69) is 42.5 Å². The number of fused-ring (bicyclic) bond motifs is 1. The molecule has 1 nitrogen and oxygen atoms in total. The topological polar surface area (TPSA) is 17.1 Å². The monoisotopic (exact) mass is 310 g/mol. The van der Waals surface area contributed by atoms with Crippen molar-refractivity contribution in [3.05, 3.63) is 101 Å². The largest absolute Gasteiger partial charge is 0.294 e. The molecular weight excluding hydrogens is 292 g/mol. The van der Waals surface area contributed by atoms with Gasteiger partial charge in [-0.15, -0.1) is 0 Å². The zero-order valence-corrected chi connectivity index (χ0v) is 13.4. The Bertz CT molecular complexity index is 920. The fourth-order valence-electron chi connectivity index (χ4n) is 3.32. The van der Waals surface area contributed by atoms with Gasteiger partial charge in [-0.25, -0.2) is 0 Å². The first-order chi connectivity index (χ1) is 11.8. The average molecular weight is 310 g/mol. The molecule has 0 aliphatic heterocycles. The van der Waals surface area contributed by atoms with Gasteiger partial charge in [-0.05, 0) is 34.2 Å². The summed E-state index contributed by atoms with van der Waals surface area (Å²) in [5, 5.41) is 0. The van der Waals surface area contributed by atoms with E-state index >= 15 is 0 Å². The summed E-state index contributed by atoms with van der Waals surface area (Å²) in [5.41, 5.74) is 6.97. The van der Waals surface area contributed by atoms with E-state index in [1.54, 1.807) is 0 Å². The minimum Gasteiger partial charge on any atom is -0.294 e. The Morgan fingerprint density at radius 2 is 1.71 bits per heavy atom. The Kier molecular flexibility index (Phi) is 3.84. The predicted octanol–water partition coefficient (Wildman–Crippen LogP) is 5.35. The van der Waals surface area contributed by atoms with Crippen LogP contribution in [0.1, 0.15) is 27.0 Å². The van der Waals surface area contributed by atoms with Crippen molar-refractivity contribution < 1.29 is 4.79 Å². The third kappa shape index (κ3) is 2.81. The van der Waals surface area contributed by atoms with Crippen LogP contribution in [0, 0.1) is 0 Å². The first kappa shape index (κ1) is 14.6. The average Bonchev–Trinajstić information content (AvgIpc) is 3.11. The molecule has 1 aliphatic rings. The fraction of sp³-hybridized carbons (Fsp3) is 0.0870. The third-order valence-electron chi connectivity index (χ3n) is 4.53. The molecule has 0 radical (unpaired) electrons. The molecule has 0 heterocycles. The van der Waals surface area contributed by atoms with Crippen LogP contribution in [0.2, 0.25) is 0 Å². The molecule has 1 heteroatoms. The Hall–Kier alpha value is -2.93. The zero-order valence-electron chi connectivity index (χ0n) is 13.4. The van der Waals surface area contributed by atoms with E-state index in [0.29, 0.717) is 6.42 Å². The molecule has 0 amide bonds. The first-order valence-corrected chi connectivity index (χ1v) is 8.27. The van der Waals surface area contributed by atoms with E-state index in [9.17, 15) is 4.79 Å². The molecule has 3 aromatic rings. The first-order valence-electron chi connectivity index (χ1n) is 8.27. The molecule has 3 aromatic carbocycles. The second-order valence-corrected chi connectivity index (χ2v) is 6.15. The lowest BCUT2D eigenvalue weighted by molar-refractivity contribution is 0.0993. The molecule has 0 N–H and O–H groups in total. The number of hydrogen-bond acceptors (Lipinski definition) is 1. The smallest absolute Gasteiger partial charge is 0.167 e. The van der Waals surface area contributed by atoms with Gasteiger partial charge in [-0.3, -0.25) is 4.79 Å². The van der Waals surface area contributed by atoms with E-state index in [4.69, 9.17) is 0 Å². The van der Waals surface area contributed by atoms with Crippen LogP contribution >= 0.6 is 0 Å². The van der Waals surface area contributed by atoms with Gasteiger partial charge in [0.1, 0.15) is 0 Å². The van der Waals surface area contributed by atoms with Crippen LogP contribution in [0.25, 0.3) is 17.2 Å². The van der Waals surface area contributed by atoms with Gasteiger partial charge in [-0.2, -0.15) is 0 Å². The number of benzene rings is 3. The van der Waals surface area contributed by atoms with Gasteiger partial charge in [0.2, 0.25) is 0 Å². The lowest BCUT2D eigenvalue weighted by Gasteiger charge is -2.10. The summed E-state index contributed by atoms with van der Waals surface area (Å²) in [6, 6.07) is 24.3. The Balaban J connectivity index is 1.63. The molecule has 0 bridgehead atoms. The molecule has 1 aliphatic carbocycles. The van der Waals surface area contributed by atoms with Gasteiger partial charge in [0, 0.05) is 12.0 Å². The Labute approximate surface area is 142 Å². The number of carbonyl (C=O) groups excluding carboxylic acids is 1. The van der Waals surface area contributed by atoms with E-state index in [-0.39, 0.29) is 5.78 Å². The quantitative estimate of drug-likeness (QED) is 0.594. The van der Waals surface area contributed by atoms with Gasteiger partial charge in [0.15, 0.2) is 5.78 Å². The van der Waals surface area contributed by atoms with Crippen LogP contribution in [0.3, 0.4) is 0 Å². The summed E-state index contributed by atoms with van der Waals surface area (Å²) in [4.78, 5) is 12.4. The van der Waals surface area contributed by atoms with Crippen LogP contribution < -0.4 is 0 Å². The molecule has 0 saturated heterocycles. The molecule has 0 spiro atoms. The lowest BCUT2D eigenvalue weighted by atomic mass is 9.94. The van der Waals surface area contributed by atoms with Gasteiger partial charge in [0.25, 0.3) is 0 Å². The maximum absolute atomic E-state index is 12.4.